The molecule has 106 valence electrons. The van der Waals surface area contributed by atoms with Crippen molar-refractivity contribution in [1.82, 2.24) is 14.9 Å². The van der Waals surface area contributed by atoms with Gasteiger partial charge in [0.05, 0.1) is 18.3 Å². The molecule has 19 heavy (non-hydrogen) atoms. The smallest absolute Gasteiger partial charge is 0.112 e. The number of hydrogen-bond acceptors (Lipinski definition) is 3. The van der Waals surface area contributed by atoms with Gasteiger partial charge in [0.25, 0.3) is 0 Å². The number of ether oxygens (including phenoxy) is 1. The quantitative estimate of drug-likeness (QED) is 0.856. The predicted octanol–water partition coefficient (Wildman–Crippen LogP) is 2.39. The summed E-state index contributed by atoms with van der Waals surface area (Å²) in [7, 11) is 1.81. The Morgan fingerprint density at radius 3 is 3.00 bits per heavy atom. The fourth-order valence-corrected chi connectivity index (χ4v) is 3.20. The van der Waals surface area contributed by atoms with Crippen LogP contribution in [0.1, 0.15) is 61.8 Å². The van der Waals surface area contributed by atoms with Gasteiger partial charge in [-0.15, -0.1) is 0 Å². The van der Waals surface area contributed by atoms with Crippen LogP contribution in [0.2, 0.25) is 0 Å². The van der Waals surface area contributed by atoms with E-state index < -0.39 is 0 Å². The zero-order valence-electron chi connectivity index (χ0n) is 12.1. The van der Waals surface area contributed by atoms with E-state index in [1.807, 2.05) is 7.11 Å². The summed E-state index contributed by atoms with van der Waals surface area (Å²) < 4.78 is 8.00. The Kier molecular flexibility index (Phi) is 3.89. The number of hydrogen-bond donors (Lipinski definition) is 1. The van der Waals surface area contributed by atoms with Gasteiger partial charge in [-0.05, 0) is 19.3 Å². The zero-order chi connectivity index (χ0) is 13.2. The summed E-state index contributed by atoms with van der Waals surface area (Å²) in [6.45, 7) is 5.08. The highest BCUT2D eigenvalue weighted by Gasteiger charge is 2.33. The summed E-state index contributed by atoms with van der Waals surface area (Å²) >= 11 is 0. The molecule has 1 unspecified atom stereocenters. The highest BCUT2D eigenvalue weighted by molar-refractivity contribution is 5.25. The van der Waals surface area contributed by atoms with Gasteiger partial charge in [0, 0.05) is 38.2 Å². The zero-order valence-corrected chi connectivity index (χ0v) is 12.1. The van der Waals surface area contributed by atoms with Gasteiger partial charge in [0.2, 0.25) is 0 Å². The number of nitrogens with one attached hydrogen (secondary N) is 1. The molecule has 1 fully saturated rings. The van der Waals surface area contributed by atoms with Gasteiger partial charge in [-0.3, -0.25) is 0 Å². The van der Waals surface area contributed by atoms with E-state index in [4.69, 9.17) is 9.72 Å². The van der Waals surface area contributed by atoms with Crippen molar-refractivity contribution >= 4 is 0 Å². The Morgan fingerprint density at radius 1 is 1.47 bits per heavy atom. The average Bonchev–Trinajstić information content (AvgIpc) is 3.19. The van der Waals surface area contributed by atoms with Crippen molar-refractivity contribution in [2.45, 2.75) is 57.5 Å². The molecule has 0 saturated heterocycles. The Bertz CT molecular complexity index is 431. The summed E-state index contributed by atoms with van der Waals surface area (Å²) in [5.74, 6) is 2.05. The van der Waals surface area contributed by atoms with Gasteiger partial charge >= 0.3 is 0 Å². The van der Waals surface area contributed by atoms with Crippen LogP contribution < -0.4 is 5.32 Å². The van der Waals surface area contributed by atoms with E-state index in [1.165, 1.54) is 42.9 Å². The first kappa shape index (κ1) is 13.1. The molecule has 2 aliphatic rings. The first-order valence-corrected chi connectivity index (χ1v) is 7.64. The topological polar surface area (TPSA) is 39.1 Å². The largest absolute Gasteiger partial charge is 0.383 e. The number of aromatic nitrogens is 2. The summed E-state index contributed by atoms with van der Waals surface area (Å²) in [6.07, 6.45) is 6.12. The molecule has 1 aromatic rings. The van der Waals surface area contributed by atoms with Crippen molar-refractivity contribution in [2.24, 2.45) is 0 Å². The second-order valence-corrected chi connectivity index (χ2v) is 5.83. The van der Waals surface area contributed by atoms with Gasteiger partial charge < -0.3 is 14.6 Å². The number of nitrogens with zero attached hydrogens (tertiary/aromatic N) is 2. The lowest BCUT2D eigenvalue weighted by molar-refractivity contribution is 0.147. The second-order valence-electron chi connectivity index (χ2n) is 5.83. The minimum Gasteiger partial charge on any atom is -0.383 e. The Labute approximate surface area is 115 Å². The number of imidazole rings is 1. The van der Waals surface area contributed by atoms with E-state index >= 15 is 0 Å². The fourth-order valence-electron chi connectivity index (χ4n) is 3.20. The molecule has 4 nitrogen and oxygen atoms in total. The van der Waals surface area contributed by atoms with E-state index in [9.17, 15) is 0 Å². The number of fused-ring (bicyclic) bond motifs is 1. The maximum atomic E-state index is 5.46. The molecule has 1 aliphatic carbocycles. The molecular weight excluding hydrogens is 238 g/mol. The fraction of sp³-hybridized carbons (Fsp3) is 0.800. The highest BCUT2D eigenvalue weighted by atomic mass is 16.5. The minimum absolute atomic E-state index is 0.472. The SMILES string of the molecule is CCCC(COC)n1c(C2CC2)nc2c1CCNC2. The Hall–Kier alpha value is -0.870. The van der Waals surface area contributed by atoms with E-state index in [1.54, 1.807) is 0 Å². The summed E-state index contributed by atoms with van der Waals surface area (Å²) in [4.78, 5) is 4.94. The van der Waals surface area contributed by atoms with E-state index in [2.05, 4.69) is 16.8 Å². The number of methoxy groups -OCH3 is 1. The van der Waals surface area contributed by atoms with Crippen LogP contribution in [-0.2, 0) is 17.7 Å². The maximum absolute atomic E-state index is 5.46. The van der Waals surface area contributed by atoms with Crippen molar-refractivity contribution in [3.05, 3.63) is 17.2 Å². The molecule has 0 aromatic carbocycles. The van der Waals surface area contributed by atoms with Gasteiger partial charge in [-0.1, -0.05) is 13.3 Å². The van der Waals surface area contributed by atoms with E-state index in [-0.39, 0.29) is 0 Å². The molecule has 3 rings (SSSR count). The molecule has 0 bridgehead atoms. The standard InChI is InChI=1S/C15H25N3O/c1-3-4-12(10-19-2)18-14-7-8-16-9-13(14)17-15(18)11-5-6-11/h11-12,16H,3-10H2,1-2H3. The second kappa shape index (κ2) is 5.63. The normalized spacial score (nSPS) is 20.3. The summed E-state index contributed by atoms with van der Waals surface area (Å²) in [5.41, 5.74) is 2.75. The predicted molar refractivity (Wildman–Crippen MR) is 75.4 cm³/mol. The molecule has 1 saturated carbocycles. The van der Waals surface area contributed by atoms with Crippen LogP contribution >= 0.6 is 0 Å². The van der Waals surface area contributed by atoms with Crippen molar-refractivity contribution in [3.8, 4) is 0 Å². The molecule has 1 atom stereocenters. The molecule has 1 aliphatic heterocycles. The molecule has 1 N–H and O–H groups in total. The van der Waals surface area contributed by atoms with Crippen LogP contribution in [0.15, 0.2) is 0 Å². The first-order chi connectivity index (χ1) is 9.35. The summed E-state index contributed by atoms with van der Waals surface area (Å²) in [5, 5.41) is 3.44. The van der Waals surface area contributed by atoms with Crippen LogP contribution in [0.3, 0.4) is 0 Å². The van der Waals surface area contributed by atoms with Crippen LogP contribution in [0.25, 0.3) is 0 Å². The lowest BCUT2D eigenvalue weighted by atomic mass is 10.1. The van der Waals surface area contributed by atoms with Crippen LogP contribution in [0, 0.1) is 0 Å². The Balaban J connectivity index is 1.97. The lowest BCUT2D eigenvalue weighted by Gasteiger charge is -2.24. The summed E-state index contributed by atoms with van der Waals surface area (Å²) in [6, 6.07) is 0.472. The van der Waals surface area contributed by atoms with Gasteiger partial charge in [0.1, 0.15) is 5.82 Å². The average molecular weight is 263 g/mol. The van der Waals surface area contributed by atoms with Gasteiger partial charge in [0.15, 0.2) is 0 Å². The van der Waals surface area contributed by atoms with Crippen molar-refractivity contribution < 1.29 is 4.74 Å². The molecular formula is C15H25N3O. The van der Waals surface area contributed by atoms with Crippen LogP contribution in [-0.4, -0.2) is 29.8 Å². The molecule has 2 heterocycles. The lowest BCUT2D eigenvalue weighted by Crippen LogP contribution is -2.27. The van der Waals surface area contributed by atoms with E-state index in [0.717, 1.165) is 26.1 Å². The minimum atomic E-state index is 0.472. The highest BCUT2D eigenvalue weighted by Crippen LogP contribution is 2.42. The molecule has 0 amide bonds. The maximum Gasteiger partial charge on any atom is 0.112 e. The van der Waals surface area contributed by atoms with E-state index in [0.29, 0.717) is 12.0 Å². The number of rotatable bonds is 6. The third-order valence-electron chi connectivity index (χ3n) is 4.24. The molecule has 0 radical (unpaired) electrons. The third kappa shape index (κ3) is 2.56. The monoisotopic (exact) mass is 263 g/mol. The molecule has 4 heteroatoms. The molecule has 1 aromatic heterocycles. The Morgan fingerprint density at radius 2 is 2.32 bits per heavy atom. The van der Waals surface area contributed by atoms with Gasteiger partial charge in [-0.2, -0.15) is 0 Å². The van der Waals surface area contributed by atoms with Crippen LogP contribution in [0.4, 0.5) is 0 Å². The van der Waals surface area contributed by atoms with Gasteiger partial charge in [-0.25, -0.2) is 4.98 Å². The van der Waals surface area contributed by atoms with Crippen LogP contribution in [0.5, 0.6) is 0 Å². The third-order valence-corrected chi connectivity index (χ3v) is 4.24. The van der Waals surface area contributed by atoms with Crippen molar-refractivity contribution in [1.29, 1.82) is 0 Å². The first-order valence-electron chi connectivity index (χ1n) is 7.64. The van der Waals surface area contributed by atoms with Crippen molar-refractivity contribution in [2.75, 3.05) is 20.3 Å². The molecule has 0 spiro atoms. The van der Waals surface area contributed by atoms with Crippen molar-refractivity contribution in [3.63, 3.8) is 0 Å².